The molecule has 2 unspecified atom stereocenters. The van der Waals surface area contributed by atoms with Crippen molar-refractivity contribution in [2.75, 3.05) is 13.1 Å². The number of hydrogen-bond donors (Lipinski definition) is 0. The van der Waals surface area contributed by atoms with Gasteiger partial charge in [-0.15, -0.1) is 11.6 Å². The number of rotatable bonds is 0. The minimum atomic E-state index is 0.433. The minimum Gasteiger partial charge on any atom is -0.299 e. The third kappa shape index (κ3) is 0.876. The average molecular weight is 160 g/mol. The number of halogens is 1. The number of piperidine rings is 3. The van der Waals surface area contributed by atoms with E-state index in [-0.39, 0.29) is 0 Å². The van der Waals surface area contributed by atoms with Crippen LogP contribution >= 0.6 is 11.6 Å². The second kappa shape index (κ2) is 2.38. The third-order valence-electron chi connectivity index (χ3n) is 3.06. The summed E-state index contributed by atoms with van der Waals surface area (Å²) in [6, 6.07) is 0.633. The number of hydrogen-bond acceptors (Lipinski definition) is 1. The molecule has 10 heavy (non-hydrogen) atoms. The van der Waals surface area contributed by atoms with Gasteiger partial charge >= 0.3 is 0 Å². The normalized spacial score (nSPS) is 53.4. The van der Waals surface area contributed by atoms with Gasteiger partial charge in [0.25, 0.3) is 0 Å². The molecule has 2 atom stereocenters. The van der Waals surface area contributed by atoms with Crippen molar-refractivity contribution in [1.29, 1.82) is 0 Å². The highest BCUT2D eigenvalue weighted by Gasteiger charge is 2.38. The van der Waals surface area contributed by atoms with Gasteiger partial charge in [0.1, 0.15) is 0 Å². The molecule has 2 bridgehead atoms. The summed E-state index contributed by atoms with van der Waals surface area (Å²) < 4.78 is 0. The molecule has 0 aromatic heterocycles. The van der Waals surface area contributed by atoms with E-state index in [1.165, 1.54) is 25.9 Å². The van der Waals surface area contributed by atoms with Crippen molar-refractivity contribution in [2.45, 2.75) is 31.2 Å². The summed E-state index contributed by atoms with van der Waals surface area (Å²) in [5.74, 6) is 0.821. The van der Waals surface area contributed by atoms with Gasteiger partial charge in [-0.05, 0) is 38.8 Å². The molecule has 3 aliphatic heterocycles. The summed E-state index contributed by atoms with van der Waals surface area (Å²) in [5, 5.41) is 0.433. The average Bonchev–Trinajstić information content (AvgIpc) is 2.00. The second-order valence-electron chi connectivity index (χ2n) is 3.56. The molecule has 0 spiro atoms. The molecule has 1 nitrogen and oxygen atoms in total. The van der Waals surface area contributed by atoms with E-state index >= 15 is 0 Å². The zero-order valence-corrected chi connectivity index (χ0v) is 7.14. The molecule has 3 heterocycles. The lowest BCUT2D eigenvalue weighted by atomic mass is 9.83. The molecule has 2 heteroatoms. The van der Waals surface area contributed by atoms with Gasteiger partial charge < -0.3 is 0 Å². The summed E-state index contributed by atoms with van der Waals surface area (Å²) in [6.45, 7) is 4.83. The molecule has 0 aromatic rings. The highest BCUT2D eigenvalue weighted by molar-refractivity contribution is 6.21. The fourth-order valence-corrected chi connectivity index (χ4v) is 2.65. The lowest BCUT2D eigenvalue weighted by Gasteiger charge is -2.47. The van der Waals surface area contributed by atoms with E-state index in [0.717, 1.165) is 5.92 Å². The second-order valence-corrected chi connectivity index (χ2v) is 4.06. The first kappa shape index (κ1) is 6.93. The van der Waals surface area contributed by atoms with Crippen molar-refractivity contribution >= 4 is 11.6 Å². The van der Waals surface area contributed by atoms with Crippen molar-refractivity contribution < 1.29 is 0 Å². The smallest absolute Gasteiger partial charge is 0.0517 e. The first-order valence-corrected chi connectivity index (χ1v) is 4.61. The monoisotopic (exact) mass is 159 g/mol. The van der Waals surface area contributed by atoms with E-state index in [4.69, 9.17) is 11.6 Å². The first-order chi connectivity index (χ1) is 4.79. The summed E-state index contributed by atoms with van der Waals surface area (Å²) >= 11 is 6.22. The van der Waals surface area contributed by atoms with Crippen LogP contribution in [-0.4, -0.2) is 29.4 Å². The van der Waals surface area contributed by atoms with Crippen LogP contribution in [0.5, 0.6) is 0 Å². The van der Waals surface area contributed by atoms with E-state index in [9.17, 15) is 0 Å². The van der Waals surface area contributed by atoms with E-state index in [0.29, 0.717) is 11.4 Å². The van der Waals surface area contributed by atoms with Crippen LogP contribution in [0.3, 0.4) is 0 Å². The maximum atomic E-state index is 6.22. The van der Waals surface area contributed by atoms with Gasteiger partial charge in [0.15, 0.2) is 0 Å². The Bertz CT molecular complexity index is 109. The molecule has 0 radical (unpaired) electrons. The Balaban J connectivity index is 2.13. The molecule has 3 saturated heterocycles. The molecular formula is C8H14ClN. The first-order valence-electron chi connectivity index (χ1n) is 4.17. The van der Waals surface area contributed by atoms with Crippen LogP contribution in [0.4, 0.5) is 0 Å². The predicted octanol–water partition coefficient (Wildman–Crippen LogP) is 1.71. The van der Waals surface area contributed by atoms with E-state index in [1.807, 2.05) is 0 Å². The minimum absolute atomic E-state index is 0.433. The zero-order valence-electron chi connectivity index (χ0n) is 6.39. The van der Waals surface area contributed by atoms with Crippen molar-refractivity contribution in [3.05, 3.63) is 0 Å². The molecule has 0 N–H and O–H groups in total. The van der Waals surface area contributed by atoms with Crippen LogP contribution in [0.25, 0.3) is 0 Å². The van der Waals surface area contributed by atoms with Gasteiger partial charge in [-0.2, -0.15) is 0 Å². The molecule has 3 rings (SSSR count). The molecule has 58 valence electrons. The Morgan fingerprint density at radius 1 is 1.30 bits per heavy atom. The standard InChI is InChI=1S/C8H14ClN/c1-6-8(9)7-2-4-10(6)5-3-7/h6-8H,2-5H2,1H3. The van der Waals surface area contributed by atoms with Gasteiger partial charge in [-0.1, -0.05) is 0 Å². The van der Waals surface area contributed by atoms with Gasteiger partial charge in [-0.3, -0.25) is 4.90 Å². The molecule has 0 amide bonds. The topological polar surface area (TPSA) is 3.24 Å². The van der Waals surface area contributed by atoms with Crippen LogP contribution in [-0.2, 0) is 0 Å². The summed E-state index contributed by atoms with van der Waals surface area (Å²) in [4.78, 5) is 2.51. The Kier molecular flexibility index (Phi) is 1.65. The molecule has 0 saturated carbocycles. The van der Waals surface area contributed by atoms with Crippen LogP contribution < -0.4 is 0 Å². The molecule has 0 aromatic carbocycles. The van der Waals surface area contributed by atoms with Crippen molar-refractivity contribution in [3.63, 3.8) is 0 Å². The highest BCUT2D eigenvalue weighted by atomic mass is 35.5. The van der Waals surface area contributed by atoms with Gasteiger partial charge in [0.2, 0.25) is 0 Å². The summed E-state index contributed by atoms with van der Waals surface area (Å²) in [7, 11) is 0. The Morgan fingerprint density at radius 3 is 2.20 bits per heavy atom. The fourth-order valence-electron chi connectivity index (χ4n) is 2.24. The predicted molar refractivity (Wildman–Crippen MR) is 43.4 cm³/mol. The Labute approximate surface area is 67.3 Å². The Morgan fingerprint density at radius 2 is 1.90 bits per heavy atom. The van der Waals surface area contributed by atoms with Crippen LogP contribution in [0.15, 0.2) is 0 Å². The fraction of sp³-hybridized carbons (Fsp3) is 1.00. The zero-order chi connectivity index (χ0) is 7.14. The summed E-state index contributed by atoms with van der Waals surface area (Å²) in [5.41, 5.74) is 0. The number of alkyl halides is 1. The van der Waals surface area contributed by atoms with Gasteiger partial charge in [-0.25, -0.2) is 0 Å². The number of fused-ring (bicyclic) bond motifs is 3. The quantitative estimate of drug-likeness (QED) is 0.487. The van der Waals surface area contributed by atoms with Crippen molar-refractivity contribution in [3.8, 4) is 0 Å². The lowest BCUT2D eigenvalue weighted by molar-refractivity contribution is 0.0641. The van der Waals surface area contributed by atoms with Crippen molar-refractivity contribution in [1.82, 2.24) is 4.90 Å². The molecule has 3 aliphatic rings. The maximum Gasteiger partial charge on any atom is 0.0517 e. The SMILES string of the molecule is CC1C(Cl)C2CCN1CC2. The van der Waals surface area contributed by atoms with E-state index in [1.54, 1.807) is 0 Å². The molecule has 0 aliphatic carbocycles. The Hall–Kier alpha value is 0.250. The van der Waals surface area contributed by atoms with Crippen LogP contribution in [0, 0.1) is 5.92 Å². The largest absolute Gasteiger partial charge is 0.299 e. The van der Waals surface area contributed by atoms with Crippen LogP contribution in [0.1, 0.15) is 19.8 Å². The summed E-state index contributed by atoms with van der Waals surface area (Å²) in [6.07, 6.45) is 2.66. The van der Waals surface area contributed by atoms with E-state index in [2.05, 4.69) is 11.8 Å². The molecule has 3 fully saturated rings. The lowest BCUT2D eigenvalue weighted by Crippen LogP contribution is -2.54. The van der Waals surface area contributed by atoms with Gasteiger partial charge in [0.05, 0.1) is 5.38 Å². The van der Waals surface area contributed by atoms with Gasteiger partial charge in [0, 0.05) is 6.04 Å². The van der Waals surface area contributed by atoms with E-state index < -0.39 is 0 Å². The van der Waals surface area contributed by atoms with Crippen molar-refractivity contribution in [2.24, 2.45) is 5.92 Å². The third-order valence-corrected chi connectivity index (χ3v) is 3.78. The van der Waals surface area contributed by atoms with Crippen LogP contribution in [0.2, 0.25) is 0 Å². The maximum absolute atomic E-state index is 6.22. The molecular weight excluding hydrogens is 146 g/mol. The number of nitrogens with zero attached hydrogens (tertiary/aromatic N) is 1. The highest BCUT2D eigenvalue weighted by Crippen LogP contribution is 2.35.